The van der Waals surface area contributed by atoms with Crippen LogP contribution in [-0.4, -0.2) is 54.8 Å². The van der Waals surface area contributed by atoms with E-state index in [1.165, 1.54) is 4.90 Å². The van der Waals surface area contributed by atoms with Crippen LogP contribution in [0, 0.1) is 0 Å². The second kappa shape index (κ2) is 6.04. The average molecular weight is 258 g/mol. The first-order chi connectivity index (χ1) is 8.33. The lowest BCUT2D eigenvalue weighted by Gasteiger charge is -2.33. The Hall–Kier alpha value is -1.30. The van der Waals surface area contributed by atoms with E-state index in [2.05, 4.69) is 5.32 Å². The van der Waals surface area contributed by atoms with Crippen molar-refractivity contribution in [2.24, 2.45) is 0 Å². The van der Waals surface area contributed by atoms with Gasteiger partial charge in [0.2, 0.25) is 0 Å². The Morgan fingerprint density at radius 1 is 1.39 bits per heavy atom. The van der Waals surface area contributed by atoms with E-state index >= 15 is 0 Å². The minimum Gasteiger partial charge on any atom is -0.465 e. The van der Waals surface area contributed by atoms with Gasteiger partial charge in [0.15, 0.2) is 0 Å². The third kappa shape index (κ3) is 4.52. The summed E-state index contributed by atoms with van der Waals surface area (Å²) in [6.45, 7) is 8.92. The standard InChI is InChI=1S/C12H22N2O4/c1-5-17-10(15)9-8-14(7-6-13-9)11(16)18-12(2,3)4/h9,13H,5-8H2,1-4H3/t9-/m1/s1. The maximum absolute atomic E-state index is 11.9. The zero-order valence-electron chi connectivity index (χ0n) is 11.5. The van der Waals surface area contributed by atoms with Gasteiger partial charge in [-0.05, 0) is 27.7 Å². The van der Waals surface area contributed by atoms with Crippen molar-refractivity contribution in [2.75, 3.05) is 26.2 Å². The second-order valence-corrected chi connectivity index (χ2v) is 5.19. The van der Waals surface area contributed by atoms with E-state index in [1.807, 2.05) is 20.8 Å². The van der Waals surface area contributed by atoms with Crippen molar-refractivity contribution in [3.63, 3.8) is 0 Å². The van der Waals surface area contributed by atoms with Crippen molar-refractivity contribution in [3.05, 3.63) is 0 Å². The molecule has 6 heteroatoms. The van der Waals surface area contributed by atoms with Crippen LogP contribution in [0.5, 0.6) is 0 Å². The highest BCUT2D eigenvalue weighted by Gasteiger charge is 2.31. The molecule has 1 N–H and O–H groups in total. The minimum atomic E-state index is -0.526. The van der Waals surface area contributed by atoms with Gasteiger partial charge in [0, 0.05) is 13.1 Å². The summed E-state index contributed by atoms with van der Waals surface area (Å²) in [6, 6.07) is -0.466. The van der Waals surface area contributed by atoms with Crippen molar-refractivity contribution in [1.29, 1.82) is 0 Å². The fourth-order valence-corrected chi connectivity index (χ4v) is 1.64. The van der Waals surface area contributed by atoms with Crippen molar-refractivity contribution in [3.8, 4) is 0 Å². The lowest BCUT2D eigenvalue weighted by atomic mass is 10.2. The minimum absolute atomic E-state index is 0.285. The van der Waals surface area contributed by atoms with Crippen LogP contribution in [0.15, 0.2) is 0 Å². The Morgan fingerprint density at radius 2 is 2.06 bits per heavy atom. The molecule has 18 heavy (non-hydrogen) atoms. The van der Waals surface area contributed by atoms with Gasteiger partial charge < -0.3 is 19.7 Å². The number of carbonyl (C=O) groups is 2. The molecule has 6 nitrogen and oxygen atoms in total. The molecule has 1 rings (SSSR count). The summed E-state index contributed by atoms with van der Waals surface area (Å²) in [5.74, 6) is -0.328. The largest absolute Gasteiger partial charge is 0.465 e. The predicted molar refractivity (Wildman–Crippen MR) is 66.2 cm³/mol. The fourth-order valence-electron chi connectivity index (χ4n) is 1.64. The first-order valence-electron chi connectivity index (χ1n) is 6.21. The van der Waals surface area contributed by atoms with Gasteiger partial charge in [-0.25, -0.2) is 4.79 Å². The van der Waals surface area contributed by atoms with E-state index < -0.39 is 17.7 Å². The van der Waals surface area contributed by atoms with Crippen LogP contribution in [0.4, 0.5) is 4.79 Å². The molecule has 0 aliphatic carbocycles. The quantitative estimate of drug-likeness (QED) is 0.741. The van der Waals surface area contributed by atoms with Crippen molar-refractivity contribution < 1.29 is 19.1 Å². The highest BCUT2D eigenvalue weighted by Crippen LogP contribution is 2.11. The highest BCUT2D eigenvalue weighted by atomic mass is 16.6. The van der Waals surface area contributed by atoms with Gasteiger partial charge in [0.1, 0.15) is 11.6 Å². The number of nitrogens with one attached hydrogen (secondary N) is 1. The monoisotopic (exact) mass is 258 g/mol. The molecule has 0 bridgehead atoms. The highest BCUT2D eigenvalue weighted by molar-refractivity contribution is 5.77. The van der Waals surface area contributed by atoms with Crippen molar-refractivity contribution in [2.45, 2.75) is 39.3 Å². The molecule has 1 heterocycles. The normalized spacial score (nSPS) is 20.4. The van der Waals surface area contributed by atoms with Crippen LogP contribution in [0.25, 0.3) is 0 Å². The molecule has 1 atom stereocenters. The number of hydrogen-bond acceptors (Lipinski definition) is 5. The van der Waals surface area contributed by atoms with Gasteiger partial charge in [-0.15, -0.1) is 0 Å². The van der Waals surface area contributed by atoms with E-state index in [0.29, 0.717) is 19.7 Å². The summed E-state index contributed by atoms with van der Waals surface area (Å²) in [6.07, 6.45) is -0.390. The van der Waals surface area contributed by atoms with Crippen LogP contribution >= 0.6 is 0 Å². The molecule has 1 aliphatic rings. The Kier molecular flexibility index (Phi) is 4.95. The van der Waals surface area contributed by atoms with Gasteiger partial charge in [0.25, 0.3) is 0 Å². The molecular formula is C12H22N2O4. The summed E-state index contributed by atoms with van der Waals surface area (Å²) in [4.78, 5) is 25.0. The molecule has 0 aromatic heterocycles. The lowest BCUT2D eigenvalue weighted by Crippen LogP contribution is -2.56. The number of ether oxygens (including phenoxy) is 2. The molecule has 0 saturated carbocycles. The average Bonchev–Trinajstić information content (AvgIpc) is 2.27. The molecule has 1 amide bonds. The molecule has 0 aromatic carbocycles. The Morgan fingerprint density at radius 3 is 2.61 bits per heavy atom. The molecule has 0 spiro atoms. The summed E-state index contributed by atoms with van der Waals surface area (Å²) in [7, 11) is 0. The topological polar surface area (TPSA) is 67.9 Å². The number of esters is 1. The maximum atomic E-state index is 11.9. The maximum Gasteiger partial charge on any atom is 0.410 e. The first kappa shape index (κ1) is 14.8. The number of piperazine rings is 1. The molecule has 1 saturated heterocycles. The number of amides is 1. The van der Waals surface area contributed by atoms with Gasteiger partial charge in [0.05, 0.1) is 13.2 Å². The summed E-state index contributed by atoms with van der Waals surface area (Å²) < 4.78 is 10.2. The molecule has 0 radical (unpaired) electrons. The number of carbonyl (C=O) groups excluding carboxylic acids is 2. The first-order valence-corrected chi connectivity index (χ1v) is 6.21. The Bertz CT molecular complexity index is 312. The predicted octanol–water partition coefficient (Wildman–Crippen LogP) is 0.758. The van der Waals surface area contributed by atoms with E-state index in [-0.39, 0.29) is 12.5 Å². The summed E-state index contributed by atoms with van der Waals surface area (Å²) >= 11 is 0. The van der Waals surface area contributed by atoms with Gasteiger partial charge in [-0.1, -0.05) is 0 Å². The Labute approximate surface area is 108 Å². The molecule has 1 aliphatic heterocycles. The molecule has 104 valence electrons. The van der Waals surface area contributed by atoms with E-state index in [9.17, 15) is 9.59 Å². The molecule has 1 fully saturated rings. The van der Waals surface area contributed by atoms with Gasteiger partial charge in [-0.3, -0.25) is 4.79 Å². The summed E-state index contributed by atoms with van der Waals surface area (Å²) in [5, 5.41) is 3.03. The molecule has 0 unspecified atom stereocenters. The van der Waals surface area contributed by atoms with Gasteiger partial charge >= 0.3 is 12.1 Å². The van der Waals surface area contributed by atoms with Crippen LogP contribution < -0.4 is 5.32 Å². The number of hydrogen-bond donors (Lipinski definition) is 1. The van der Waals surface area contributed by atoms with E-state index in [0.717, 1.165) is 0 Å². The van der Waals surface area contributed by atoms with Crippen LogP contribution in [0.2, 0.25) is 0 Å². The van der Waals surface area contributed by atoms with Crippen molar-refractivity contribution >= 4 is 12.1 Å². The second-order valence-electron chi connectivity index (χ2n) is 5.19. The van der Waals surface area contributed by atoms with Gasteiger partial charge in [-0.2, -0.15) is 0 Å². The van der Waals surface area contributed by atoms with Crippen LogP contribution in [0.3, 0.4) is 0 Å². The smallest absolute Gasteiger partial charge is 0.410 e. The third-order valence-electron chi connectivity index (χ3n) is 2.40. The van der Waals surface area contributed by atoms with Crippen LogP contribution in [-0.2, 0) is 14.3 Å². The molecule has 0 aromatic rings. The SMILES string of the molecule is CCOC(=O)[C@H]1CN(C(=O)OC(C)(C)C)CCN1. The fraction of sp³-hybridized carbons (Fsp3) is 0.833. The van der Waals surface area contributed by atoms with E-state index in [1.54, 1.807) is 6.92 Å². The number of nitrogens with zero attached hydrogens (tertiary/aromatic N) is 1. The Balaban J connectivity index is 2.53. The third-order valence-corrected chi connectivity index (χ3v) is 2.40. The molecular weight excluding hydrogens is 236 g/mol. The van der Waals surface area contributed by atoms with Crippen molar-refractivity contribution in [1.82, 2.24) is 10.2 Å². The zero-order valence-corrected chi connectivity index (χ0v) is 11.5. The lowest BCUT2D eigenvalue weighted by molar-refractivity contribution is -0.146. The van der Waals surface area contributed by atoms with E-state index in [4.69, 9.17) is 9.47 Å². The van der Waals surface area contributed by atoms with Crippen LogP contribution in [0.1, 0.15) is 27.7 Å². The zero-order chi connectivity index (χ0) is 13.8. The number of rotatable bonds is 2. The summed E-state index contributed by atoms with van der Waals surface area (Å²) in [5.41, 5.74) is -0.526.